The minimum absolute atomic E-state index is 0.147. The van der Waals surface area contributed by atoms with Crippen molar-refractivity contribution >= 4 is 17.5 Å². The number of pyridine rings is 1. The summed E-state index contributed by atoms with van der Waals surface area (Å²) in [4.78, 5) is 16.9. The van der Waals surface area contributed by atoms with Gasteiger partial charge in [-0.05, 0) is 60.9 Å². The van der Waals surface area contributed by atoms with Gasteiger partial charge in [-0.25, -0.2) is 0 Å². The molecular weight excluding hydrogens is 332 g/mol. The number of amides is 1. The van der Waals surface area contributed by atoms with E-state index in [1.165, 1.54) is 0 Å². The molecule has 0 aliphatic carbocycles. The zero-order valence-corrected chi connectivity index (χ0v) is 14.9. The van der Waals surface area contributed by atoms with Crippen molar-refractivity contribution in [3.05, 3.63) is 99.8 Å². The number of hydrogen-bond donors (Lipinski definition) is 1. The highest BCUT2D eigenvalue weighted by atomic mass is 35.5. The Morgan fingerprint density at radius 1 is 1.08 bits per heavy atom. The normalized spacial score (nSPS) is 11.8. The van der Waals surface area contributed by atoms with Crippen LogP contribution in [0.15, 0.2) is 67.0 Å². The molecule has 3 aromatic rings. The molecule has 0 aliphatic heterocycles. The topological polar surface area (TPSA) is 42.0 Å². The summed E-state index contributed by atoms with van der Waals surface area (Å²) < 4.78 is 0. The largest absolute Gasteiger partial charge is 0.341 e. The number of aromatic nitrogens is 1. The lowest BCUT2D eigenvalue weighted by atomic mass is 9.94. The molecule has 0 aliphatic rings. The fourth-order valence-corrected chi connectivity index (χ4v) is 2.90. The summed E-state index contributed by atoms with van der Waals surface area (Å²) in [6.07, 6.45) is 3.51. The quantitative estimate of drug-likeness (QED) is 0.729. The third kappa shape index (κ3) is 4.06. The molecule has 0 spiro atoms. The Balaban J connectivity index is 1.98. The number of nitrogens with zero attached hydrogens (tertiary/aromatic N) is 1. The van der Waals surface area contributed by atoms with Gasteiger partial charge >= 0.3 is 0 Å². The Labute approximate surface area is 152 Å². The second kappa shape index (κ2) is 7.49. The Hall–Kier alpha value is -2.65. The Morgan fingerprint density at radius 3 is 2.52 bits per heavy atom. The van der Waals surface area contributed by atoms with E-state index in [2.05, 4.69) is 28.5 Å². The fourth-order valence-electron chi connectivity index (χ4n) is 2.77. The molecule has 0 saturated heterocycles. The number of carbonyl (C=O) groups excluding carboxylic acids is 1. The van der Waals surface area contributed by atoms with Crippen LogP contribution in [0, 0.1) is 13.8 Å². The summed E-state index contributed by atoms with van der Waals surface area (Å²) in [7, 11) is 0. The molecular formula is C21H19ClN2O. The van der Waals surface area contributed by atoms with Crippen molar-refractivity contribution in [1.29, 1.82) is 0 Å². The van der Waals surface area contributed by atoms with E-state index in [0.29, 0.717) is 10.6 Å². The van der Waals surface area contributed by atoms with Gasteiger partial charge < -0.3 is 5.32 Å². The molecule has 0 unspecified atom stereocenters. The van der Waals surface area contributed by atoms with Crippen molar-refractivity contribution in [3.8, 4) is 0 Å². The van der Waals surface area contributed by atoms with E-state index in [4.69, 9.17) is 11.6 Å². The minimum Gasteiger partial charge on any atom is -0.341 e. The number of nitrogens with one attached hydrogen (secondary N) is 1. The molecule has 1 aromatic heterocycles. The van der Waals surface area contributed by atoms with Gasteiger partial charge in [0, 0.05) is 23.0 Å². The average molecular weight is 351 g/mol. The van der Waals surface area contributed by atoms with Crippen molar-refractivity contribution in [2.45, 2.75) is 19.9 Å². The number of halogens is 1. The van der Waals surface area contributed by atoms with Crippen molar-refractivity contribution in [1.82, 2.24) is 10.3 Å². The van der Waals surface area contributed by atoms with Crippen LogP contribution in [0.1, 0.15) is 38.7 Å². The number of carbonyl (C=O) groups is 1. The molecule has 0 saturated carbocycles. The fraction of sp³-hybridized carbons (Fsp3) is 0.143. The second-order valence-corrected chi connectivity index (χ2v) is 6.50. The molecule has 0 radical (unpaired) electrons. The third-order valence-corrected chi connectivity index (χ3v) is 4.40. The maximum absolute atomic E-state index is 12.7. The lowest BCUT2D eigenvalue weighted by Gasteiger charge is -2.22. The lowest BCUT2D eigenvalue weighted by Crippen LogP contribution is -2.30. The molecule has 2 aromatic carbocycles. The molecule has 3 nitrogen and oxygen atoms in total. The summed E-state index contributed by atoms with van der Waals surface area (Å²) >= 11 is 5.91. The smallest absolute Gasteiger partial charge is 0.252 e. The van der Waals surface area contributed by atoms with E-state index < -0.39 is 0 Å². The van der Waals surface area contributed by atoms with Crippen LogP contribution in [0.3, 0.4) is 0 Å². The van der Waals surface area contributed by atoms with Gasteiger partial charge in [-0.1, -0.05) is 41.4 Å². The zero-order chi connectivity index (χ0) is 17.8. The van der Waals surface area contributed by atoms with Gasteiger partial charge in [0.25, 0.3) is 5.91 Å². The first-order valence-corrected chi connectivity index (χ1v) is 8.46. The van der Waals surface area contributed by atoms with Crippen molar-refractivity contribution < 1.29 is 4.79 Å². The average Bonchev–Trinajstić information content (AvgIpc) is 2.63. The number of hydrogen-bond acceptors (Lipinski definition) is 2. The summed E-state index contributed by atoms with van der Waals surface area (Å²) in [5.41, 5.74) is 4.85. The van der Waals surface area contributed by atoms with Gasteiger partial charge in [-0.2, -0.15) is 0 Å². The summed E-state index contributed by atoms with van der Waals surface area (Å²) in [6, 6.07) is 16.7. The Bertz CT molecular complexity index is 876. The molecule has 126 valence electrons. The molecule has 3 rings (SSSR count). The first kappa shape index (κ1) is 17.2. The van der Waals surface area contributed by atoms with E-state index in [-0.39, 0.29) is 11.9 Å². The standard InChI is InChI=1S/C21H19ClN2O/c1-14-5-6-15(2)19(12-14)20(17-4-3-11-23-13-17)24-21(25)16-7-9-18(22)10-8-16/h3-13,20H,1-2H3,(H,24,25)/t20-/m1/s1. The molecule has 25 heavy (non-hydrogen) atoms. The second-order valence-electron chi connectivity index (χ2n) is 6.06. The number of aryl methyl sites for hydroxylation is 2. The lowest BCUT2D eigenvalue weighted by molar-refractivity contribution is 0.0943. The van der Waals surface area contributed by atoms with Crippen LogP contribution in [0.4, 0.5) is 0 Å². The zero-order valence-electron chi connectivity index (χ0n) is 14.2. The van der Waals surface area contributed by atoms with Gasteiger partial charge in [0.05, 0.1) is 6.04 Å². The van der Waals surface area contributed by atoms with Crippen LogP contribution in [-0.4, -0.2) is 10.9 Å². The molecule has 0 fully saturated rings. The van der Waals surface area contributed by atoms with Gasteiger partial charge in [-0.15, -0.1) is 0 Å². The van der Waals surface area contributed by atoms with Gasteiger partial charge in [-0.3, -0.25) is 9.78 Å². The maximum atomic E-state index is 12.7. The molecule has 1 atom stereocenters. The van der Waals surface area contributed by atoms with Gasteiger partial charge in [0.2, 0.25) is 0 Å². The Kier molecular flexibility index (Phi) is 5.15. The van der Waals surface area contributed by atoms with E-state index in [9.17, 15) is 4.79 Å². The predicted octanol–water partition coefficient (Wildman–Crippen LogP) is 4.87. The van der Waals surface area contributed by atoms with Crippen LogP contribution < -0.4 is 5.32 Å². The first-order valence-electron chi connectivity index (χ1n) is 8.08. The van der Waals surface area contributed by atoms with Crippen molar-refractivity contribution in [2.24, 2.45) is 0 Å². The van der Waals surface area contributed by atoms with Gasteiger partial charge in [0.1, 0.15) is 0 Å². The molecule has 4 heteroatoms. The molecule has 0 bridgehead atoms. The highest BCUT2D eigenvalue weighted by Gasteiger charge is 2.20. The number of rotatable bonds is 4. The Morgan fingerprint density at radius 2 is 1.84 bits per heavy atom. The summed E-state index contributed by atoms with van der Waals surface area (Å²) in [5, 5.41) is 3.74. The van der Waals surface area contributed by atoms with E-state index in [0.717, 1.165) is 22.3 Å². The molecule has 1 amide bonds. The van der Waals surface area contributed by atoms with E-state index >= 15 is 0 Å². The maximum Gasteiger partial charge on any atom is 0.252 e. The van der Waals surface area contributed by atoms with E-state index in [1.54, 1.807) is 36.7 Å². The summed E-state index contributed by atoms with van der Waals surface area (Å²) in [5.74, 6) is -0.147. The predicted molar refractivity (Wildman–Crippen MR) is 101 cm³/mol. The molecule has 1 N–H and O–H groups in total. The molecule has 1 heterocycles. The number of benzene rings is 2. The monoisotopic (exact) mass is 350 g/mol. The van der Waals surface area contributed by atoms with Crippen LogP contribution in [0.2, 0.25) is 5.02 Å². The van der Waals surface area contributed by atoms with E-state index in [1.807, 2.05) is 26.0 Å². The van der Waals surface area contributed by atoms with Crippen LogP contribution in [0.5, 0.6) is 0 Å². The minimum atomic E-state index is -0.267. The SMILES string of the molecule is Cc1ccc(C)c([C@H](NC(=O)c2ccc(Cl)cc2)c2cccnc2)c1. The highest BCUT2D eigenvalue weighted by Crippen LogP contribution is 2.26. The van der Waals surface area contributed by atoms with Crippen LogP contribution >= 0.6 is 11.6 Å². The van der Waals surface area contributed by atoms with Crippen molar-refractivity contribution in [3.63, 3.8) is 0 Å². The first-order chi connectivity index (χ1) is 12.0. The van der Waals surface area contributed by atoms with Crippen LogP contribution in [-0.2, 0) is 0 Å². The highest BCUT2D eigenvalue weighted by molar-refractivity contribution is 6.30. The van der Waals surface area contributed by atoms with Gasteiger partial charge in [0.15, 0.2) is 0 Å². The summed E-state index contributed by atoms with van der Waals surface area (Å²) in [6.45, 7) is 4.09. The van der Waals surface area contributed by atoms with Crippen LogP contribution in [0.25, 0.3) is 0 Å². The van der Waals surface area contributed by atoms with Crippen molar-refractivity contribution in [2.75, 3.05) is 0 Å². The third-order valence-electron chi connectivity index (χ3n) is 4.15.